The zero-order chi connectivity index (χ0) is 13.8. The van der Waals surface area contributed by atoms with Gasteiger partial charge in [-0.3, -0.25) is 9.69 Å². The van der Waals surface area contributed by atoms with Gasteiger partial charge in [-0.05, 0) is 18.0 Å². The van der Waals surface area contributed by atoms with Gasteiger partial charge in [0.1, 0.15) is 4.34 Å². The van der Waals surface area contributed by atoms with Gasteiger partial charge in [0.05, 0.1) is 11.6 Å². The molecule has 1 amide bonds. The summed E-state index contributed by atoms with van der Waals surface area (Å²) in [6, 6.07) is 0. The van der Waals surface area contributed by atoms with Gasteiger partial charge in [0.15, 0.2) is 0 Å². The molecule has 1 aromatic heterocycles. The van der Waals surface area contributed by atoms with Crippen LogP contribution in [0.5, 0.6) is 0 Å². The number of amides is 1. The third-order valence-corrected chi connectivity index (χ3v) is 4.98. The zero-order valence-corrected chi connectivity index (χ0v) is 13.1. The van der Waals surface area contributed by atoms with Crippen LogP contribution in [0.4, 0.5) is 0 Å². The number of carbonyl (C=O) groups is 1. The van der Waals surface area contributed by atoms with Crippen LogP contribution >= 0.6 is 34.5 Å². The second-order valence-corrected chi connectivity index (χ2v) is 6.51. The van der Waals surface area contributed by atoms with Crippen LogP contribution in [-0.4, -0.2) is 55.5 Å². The predicted molar refractivity (Wildman–Crippen MR) is 80.1 cm³/mol. The van der Waals surface area contributed by atoms with Crippen molar-refractivity contribution in [1.82, 2.24) is 15.1 Å². The van der Waals surface area contributed by atoms with Gasteiger partial charge in [0.2, 0.25) is 5.91 Å². The highest BCUT2D eigenvalue weighted by Gasteiger charge is 2.18. The first-order valence-corrected chi connectivity index (χ1v) is 7.80. The molecule has 0 unspecified atom stereocenters. The molecule has 1 N–H and O–H groups in total. The van der Waals surface area contributed by atoms with Crippen molar-refractivity contribution in [3.8, 4) is 0 Å². The summed E-state index contributed by atoms with van der Waals surface area (Å²) in [5, 5.41) is 5.78. The summed E-state index contributed by atoms with van der Waals surface area (Å²) < 4.78 is 0.610. The smallest absolute Gasteiger partial charge is 0.236 e. The lowest BCUT2D eigenvalue weighted by atomic mass is 10.3. The van der Waals surface area contributed by atoms with E-state index < -0.39 is 0 Å². The van der Waals surface area contributed by atoms with Crippen molar-refractivity contribution in [1.29, 1.82) is 0 Å². The number of likely N-dealkylation sites (N-methyl/N-ethyl adjacent to an activating group) is 1. The molecule has 2 heterocycles. The van der Waals surface area contributed by atoms with Gasteiger partial charge in [0, 0.05) is 32.7 Å². The minimum atomic E-state index is 0.168. The van der Waals surface area contributed by atoms with Crippen LogP contribution < -0.4 is 5.32 Å². The molecule has 106 valence electrons. The summed E-state index contributed by atoms with van der Waals surface area (Å²) in [7, 11) is 1.92. The van der Waals surface area contributed by atoms with Crippen molar-refractivity contribution >= 4 is 40.4 Å². The van der Waals surface area contributed by atoms with Crippen molar-refractivity contribution in [2.24, 2.45) is 0 Å². The van der Waals surface area contributed by atoms with Crippen molar-refractivity contribution in [3.63, 3.8) is 0 Å². The minimum absolute atomic E-state index is 0.168. The van der Waals surface area contributed by atoms with Crippen LogP contribution in [0.15, 0.2) is 5.38 Å². The van der Waals surface area contributed by atoms with Crippen LogP contribution in [0, 0.1) is 0 Å². The van der Waals surface area contributed by atoms with E-state index in [-0.39, 0.29) is 5.91 Å². The molecule has 0 saturated carbocycles. The summed E-state index contributed by atoms with van der Waals surface area (Å²) >= 11 is 13.4. The highest BCUT2D eigenvalue weighted by molar-refractivity contribution is 7.15. The molecule has 0 spiro atoms. The molecule has 4 nitrogen and oxygen atoms in total. The molecule has 0 atom stereocenters. The maximum Gasteiger partial charge on any atom is 0.236 e. The SMILES string of the molecule is CN(CC(=O)N1CCNCC1)Cc1csc(Cl)c1Cl. The number of nitrogens with one attached hydrogen (secondary N) is 1. The fraction of sp³-hybridized carbons (Fsp3) is 0.583. The van der Waals surface area contributed by atoms with E-state index in [0.717, 1.165) is 31.7 Å². The minimum Gasteiger partial charge on any atom is -0.339 e. The van der Waals surface area contributed by atoms with E-state index in [2.05, 4.69) is 5.32 Å². The third kappa shape index (κ3) is 4.07. The number of halogens is 2. The molecule has 0 radical (unpaired) electrons. The van der Waals surface area contributed by atoms with Crippen LogP contribution in [0.1, 0.15) is 5.56 Å². The molecular formula is C12H17Cl2N3OS. The first kappa shape index (κ1) is 15.1. The first-order valence-electron chi connectivity index (χ1n) is 6.16. The van der Waals surface area contributed by atoms with Crippen molar-refractivity contribution < 1.29 is 4.79 Å². The van der Waals surface area contributed by atoms with E-state index in [4.69, 9.17) is 23.2 Å². The van der Waals surface area contributed by atoms with Crippen molar-refractivity contribution in [2.75, 3.05) is 39.8 Å². The monoisotopic (exact) mass is 321 g/mol. The molecule has 0 bridgehead atoms. The van der Waals surface area contributed by atoms with Crippen LogP contribution in [0.25, 0.3) is 0 Å². The molecular weight excluding hydrogens is 305 g/mol. The lowest BCUT2D eigenvalue weighted by Gasteiger charge is -2.29. The van der Waals surface area contributed by atoms with Crippen molar-refractivity contribution in [3.05, 3.63) is 20.3 Å². The fourth-order valence-corrected chi connectivity index (χ4v) is 3.29. The number of nitrogens with zero attached hydrogens (tertiary/aromatic N) is 2. The summed E-state index contributed by atoms with van der Waals surface area (Å²) in [4.78, 5) is 16.0. The summed E-state index contributed by atoms with van der Waals surface area (Å²) in [5.74, 6) is 0.168. The molecule has 0 aliphatic carbocycles. The topological polar surface area (TPSA) is 35.6 Å². The van der Waals surface area contributed by atoms with Gasteiger partial charge in [-0.1, -0.05) is 23.2 Å². The van der Waals surface area contributed by atoms with Gasteiger partial charge in [-0.2, -0.15) is 0 Å². The predicted octanol–water partition coefficient (Wildman–Crippen LogP) is 1.92. The highest BCUT2D eigenvalue weighted by atomic mass is 35.5. The highest BCUT2D eigenvalue weighted by Crippen LogP contribution is 2.32. The number of thiophene rings is 1. The first-order chi connectivity index (χ1) is 9.08. The molecule has 0 aromatic carbocycles. The number of piperazine rings is 1. The zero-order valence-electron chi connectivity index (χ0n) is 10.8. The third-order valence-electron chi connectivity index (χ3n) is 3.07. The molecule has 1 aromatic rings. The van der Waals surface area contributed by atoms with E-state index in [1.54, 1.807) is 0 Å². The number of carbonyl (C=O) groups excluding carboxylic acids is 1. The average molecular weight is 322 g/mol. The average Bonchev–Trinajstić information content (AvgIpc) is 2.71. The standard InChI is InChI=1S/C12H17Cl2N3OS/c1-16(6-9-8-19-12(14)11(9)13)7-10(18)17-4-2-15-3-5-17/h8,15H,2-7H2,1H3. The second kappa shape index (κ2) is 6.90. The van der Waals surface area contributed by atoms with Crippen LogP contribution in [0.3, 0.4) is 0 Å². The Bertz CT molecular complexity index is 446. The number of hydrogen-bond acceptors (Lipinski definition) is 4. The Balaban J connectivity index is 1.85. The van der Waals surface area contributed by atoms with E-state index in [9.17, 15) is 4.79 Å². The van der Waals surface area contributed by atoms with Gasteiger partial charge < -0.3 is 10.2 Å². The molecule has 1 aliphatic heterocycles. The summed E-state index contributed by atoms with van der Waals surface area (Å²) in [5.41, 5.74) is 0.979. The maximum absolute atomic E-state index is 12.1. The van der Waals surface area contributed by atoms with E-state index in [1.165, 1.54) is 11.3 Å². The maximum atomic E-state index is 12.1. The molecule has 2 rings (SSSR count). The Kier molecular flexibility index (Phi) is 5.47. The second-order valence-electron chi connectivity index (χ2n) is 4.65. The Hall–Kier alpha value is -0.330. The van der Waals surface area contributed by atoms with Gasteiger partial charge in [-0.25, -0.2) is 0 Å². The largest absolute Gasteiger partial charge is 0.339 e. The fourth-order valence-electron chi connectivity index (χ4n) is 2.05. The summed E-state index contributed by atoms with van der Waals surface area (Å²) in [6.07, 6.45) is 0. The lowest BCUT2D eigenvalue weighted by Crippen LogP contribution is -2.49. The Morgan fingerprint density at radius 2 is 2.16 bits per heavy atom. The van der Waals surface area contributed by atoms with Gasteiger partial charge in [-0.15, -0.1) is 11.3 Å². The lowest BCUT2D eigenvalue weighted by molar-refractivity contribution is -0.132. The molecule has 1 aliphatic rings. The summed E-state index contributed by atoms with van der Waals surface area (Å²) in [6.45, 7) is 4.38. The molecule has 19 heavy (non-hydrogen) atoms. The molecule has 1 fully saturated rings. The Labute approximate surface area is 127 Å². The van der Waals surface area contributed by atoms with Crippen LogP contribution in [-0.2, 0) is 11.3 Å². The van der Waals surface area contributed by atoms with Gasteiger partial charge >= 0.3 is 0 Å². The van der Waals surface area contributed by atoms with Crippen molar-refractivity contribution in [2.45, 2.75) is 6.54 Å². The molecule has 1 saturated heterocycles. The Morgan fingerprint density at radius 3 is 2.74 bits per heavy atom. The number of rotatable bonds is 4. The van der Waals surface area contributed by atoms with Gasteiger partial charge in [0.25, 0.3) is 0 Å². The van der Waals surface area contributed by atoms with E-state index >= 15 is 0 Å². The quantitative estimate of drug-likeness (QED) is 0.920. The van der Waals surface area contributed by atoms with Crippen LogP contribution in [0.2, 0.25) is 9.36 Å². The molecule has 7 heteroatoms. The Morgan fingerprint density at radius 1 is 1.47 bits per heavy atom. The van der Waals surface area contributed by atoms with E-state index in [1.807, 2.05) is 22.2 Å². The normalized spacial score (nSPS) is 16.1. The number of hydrogen-bond donors (Lipinski definition) is 1. The van der Waals surface area contributed by atoms with E-state index in [0.29, 0.717) is 22.4 Å².